The highest BCUT2D eigenvalue weighted by molar-refractivity contribution is 9.09. The molecule has 0 spiro atoms. The second kappa shape index (κ2) is 6.83. The monoisotopic (exact) mass is 423 g/mol. The van der Waals surface area contributed by atoms with E-state index in [0.717, 1.165) is 11.3 Å². The van der Waals surface area contributed by atoms with Gasteiger partial charge in [-0.05, 0) is 40.5 Å². The van der Waals surface area contributed by atoms with Crippen LogP contribution in [0.5, 0.6) is 5.75 Å². The largest absolute Gasteiger partial charge is 0.494 e. The predicted molar refractivity (Wildman–Crippen MR) is 82.2 cm³/mol. The molecule has 0 unspecified atom stereocenters. The summed E-state index contributed by atoms with van der Waals surface area (Å²) >= 11 is 5.52. The number of halogens is 4. The van der Waals surface area contributed by atoms with Gasteiger partial charge in [0.1, 0.15) is 5.75 Å². The zero-order valence-electron chi connectivity index (χ0n) is 11.2. The fraction of sp³-hybridized carbons (Fsp3) is 0.385. The van der Waals surface area contributed by atoms with Crippen LogP contribution in [0, 0.1) is 0 Å². The summed E-state index contributed by atoms with van der Waals surface area (Å²) < 4.78 is 33.5. The first-order valence-electron chi connectivity index (χ1n) is 6.23. The summed E-state index contributed by atoms with van der Waals surface area (Å²) in [7, 11) is 0. The Bertz CT molecular complexity index is 596. The molecule has 1 heterocycles. The van der Waals surface area contributed by atoms with Gasteiger partial charge in [0.05, 0.1) is 18.8 Å². The van der Waals surface area contributed by atoms with Crippen LogP contribution in [0.1, 0.15) is 23.9 Å². The average molecular weight is 425 g/mol. The summed E-state index contributed by atoms with van der Waals surface area (Å²) in [6, 6.07) is 7.42. The lowest BCUT2D eigenvalue weighted by Gasteiger charge is -2.09. The van der Waals surface area contributed by atoms with Crippen LogP contribution in [-0.2, 0) is 16.7 Å². The standard InChI is InChI=1S/C13H13Br2F2N3O/c1-2-21-10-5-3-9(4-6-10)8-20-11(7-14)12(18-19-20)13(15,16)17/h3-6H,2,7-8H2,1H3. The van der Waals surface area contributed by atoms with E-state index < -0.39 is 4.83 Å². The van der Waals surface area contributed by atoms with Crippen LogP contribution in [-0.4, -0.2) is 21.6 Å². The highest BCUT2D eigenvalue weighted by Crippen LogP contribution is 2.35. The molecule has 1 aromatic heterocycles. The van der Waals surface area contributed by atoms with Crippen molar-refractivity contribution in [3.63, 3.8) is 0 Å². The summed E-state index contributed by atoms with van der Waals surface area (Å²) in [6.45, 7) is 2.87. The highest BCUT2D eigenvalue weighted by atomic mass is 79.9. The molecule has 0 amide bonds. The lowest BCUT2D eigenvalue weighted by atomic mass is 10.2. The summed E-state index contributed by atoms with van der Waals surface area (Å²) in [5.74, 6) is 0.772. The number of alkyl halides is 4. The van der Waals surface area contributed by atoms with Gasteiger partial charge in [-0.1, -0.05) is 33.3 Å². The number of hydrogen-bond donors (Lipinski definition) is 0. The maximum Gasteiger partial charge on any atom is 0.346 e. The van der Waals surface area contributed by atoms with Crippen molar-refractivity contribution in [2.75, 3.05) is 6.61 Å². The molecule has 0 saturated carbocycles. The lowest BCUT2D eigenvalue weighted by Crippen LogP contribution is -2.10. The molecule has 0 aliphatic rings. The smallest absolute Gasteiger partial charge is 0.346 e. The van der Waals surface area contributed by atoms with Gasteiger partial charge in [0.2, 0.25) is 0 Å². The van der Waals surface area contributed by atoms with E-state index in [4.69, 9.17) is 4.74 Å². The van der Waals surface area contributed by atoms with Crippen LogP contribution in [0.4, 0.5) is 8.78 Å². The molecule has 0 saturated heterocycles. The van der Waals surface area contributed by atoms with Gasteiger partial charge in [-0.3, -0.25) is 0 Å². The molecule has 0 fully saturated rings. The van der Waals surface area contributed by atoms with Crippen LogP contribution in [0.15, 0.2) is 24.3 Å². The quantitative estimate of drug-likeness (QED) is 0.656. The zero-order valence-corrected chi connectivity index (χ0v) is 14.4. The summed E-state index contributed by atoms with van der Waals surface area (Å²) in [5.41, 5.74) is 0.895. The van der Waals surface area contributed by atoms with E-state index in [1.165, 1.54) is 4.68 Å². The molecule has 2 rings (SSSR count). The third-order valence-corrected chi connectivity index (χ3v) is 3.71. The van der Waals surface area contributed by atoms with Crippen molar-refractivity contribution in [1.29, 1.82) is 0 Å². The molecule has 0 atom stereocenters. The fourth-order valence-electron chi connectivity index (χ4n) is 1.84. The van der Waals surface area contributed by atoms with Crippen LogP contribution in [0.25, 0.3) is 0 Å². The number of aromatic nitrogens is 3. The topological polar surface area (TPSA) is 39.9 Å². The minimum absolute atomic E-state index is 0.244. The van der Waals surface area contributed by atoms with Gasteiger partial charge in [0.15, 0.2) is 5.69 Å². The van der Waals surface area contributed by atoms with Crippen molar-refractivity contribution < 1.29 is 13.5 Å². The van der Waals surface area contributed by atoms with E-state index in [0.29, 0.717) is 18.8 Å². The Labute approximate surface area is 137 Å². The number of ether oxygens (including phenoxy) is 1. The van der Waals surface area contributed by atoms with Crippen molar-refractivity contribution in [1.82, 2.24) is 15.0 Å². The van der Waals surface area contributed by atoms with Crippen molar-refractivity contribution in [3.05, 3.63) is 41.2 Å². The minimum atomic E-state index is -3.19. The second-order valence-electron chi connectivity index (χ2n) is 4.25. The van der Waals surface area contributed by atoms with Gasteiger partial charge in [-0.15, -0.1) is 5.10 Å². The maximum absolute atomic E-state index is 13.4. The van der Waals surface area contributed by atoms with Crippen molar-refractivity contribution in [2.24, 2.45) is 0 Å². The first kappa shape index (κ1) is 16.4. The van der Waals surface area contributed by atoms with E-state index in [9.17, 15) is 8.78 Å². The Morgan fingerprint density at radius 2 is 1.95 bits per heavy atom. The number of rotatable bonds is 6. The molecule has 0 aliphatic carbocycles. The first-order valence-corrected chi connectivity index (χ1v) is 8.14. The molecule has 8 heteroatoms. The summed E-state index contributed by atoms with van der Waals surface area (Å²) in [6.07, 6.45) is 0. The Kier molecular flexibility index (Phi) is 5.32. The third-order valence-electron chi connectivity index (χ3n) is 2.80. The van der Waals surface area contributed by atoms with Crippen molar-refractivity contribution in [3.8, 4) is 5.75 Å². The molecular formula is C13H13Br2F2N3O. The normalized spacial score (nSPS) is 11.7. The Morgan fingerprint density at radius 3 is 2.48 bits per heavy atom. The molecule has 0 aliphatic heterocycles. The van der Waals surface area contributed by atoms with Crippen LogP contribution < -0.4 is 4.74 Å². The highest BCUT2D eigenvalue weighted by Gasteiger charge is 2.34. The first-order chi connectivity index (χ1) is 9.95. The minimum Gasteiger partial charge on any atom is -0.494 e. The van der Waals surface area contributed by atoms with Crippen molar-refractivity contribution >= 4 is 31.9 Å². The van der Waals surface area contributed by atoms with Crippen molar-refractivity contribution in [2.45, 2.75) is 23.6 Å². The molecule has 0 radical (unpaired) electrons. The molecule has 2 aromatic rings. The van der Waals surface area contributed by atoms with E-state index in [1.807, 2.05) is 31.2 Å². The molecule has 114 valence electrons. The van der Waals surface area contributed by atoms with E-state index in [2.05, 4.69) is 42.2 Å². The second-order valence-corrected chi connectivity index (χ2v) is 5.81. The van der Waals surface area contributed by atoms with Gasteiger partial charge in [0.25, 0.3) is 0 Å². The van der Waals surface area contributed by atoms with Crippen LogP contribution in [0.2, 0.25) is 0 Å². The van der Waals surface area contributed by atoms with E-state index >= 15 is 0 Å². The Balaban J connectivity index is 2.21. The number of nitrogens with zero attached hydrogens (tertiary/aromatic N) is 3. The lowest BCUT2D eigenvalue weighted by molar-refractivity contribution is 0.108. The van der Waals surface area contributed by atoms with Gasteiger partial charge >= 0.3 is 4.83 Å². The summed E-state index contributed by atoms with van der Waals surface area (Å²) in [4.78, 5) is -3.19. The molecular weight excluding hydrogens is 412 g/mol. The molecule has 4 nitrogen and oxygen atoms in total. The number of benzene rings is 1. The maximum atomic E-state index is 13.4. The molecule has 21 heavy (non-hydrogen) atoms. The molecule has 0 N–H and O–H groups in total. The van der Waals surface area contributed by atoms with Crippen LogP contribution >= 0.6 is 31.9 Å². The van der Waals surface area contributed by atoms with Gasteiger partial charge in [0, 0.05) is 5.33 Å². The third kappa shape index (κ3) is 4.00. The molecule has 1 aromatic carbocycles. The predicted octanol–water partition coefficient (Wildman–Crippen LogP) is 4.06. The molecule has 0 bridgehead atoms. The van der Waals surface area contributed by atoms with Crippen LogP contribution in [0.3, 0.4) is 0 Å². The Hall–Kier alpha value is -1.02. The van der Waals surface area contributed by atoms with E-state index in [-0.39, 0.29) is 11.0 Å². The Morgan fingerprint density at radius 1 is 1.29 bits per heavy atom. The van der Waals surface area contributed by atoms with Gasteiger partial charge < -0.3 is 4.74 Å². The summed E-state index contributed by atoms with van der Waals surface area (Å²) in [5, 5.41) is 7.61. The van der Waals surface area contributed by atoms with E-state index in [1.54, 1.807) is 0 Å². The SMILES string of the molecule is CCOc1ccc(Cn2nnc(C(F)(F)Br)c2CBr)cc1. The van der Waals surface area contributed by atoms with Gasteiger partial charge in [-0.2, -0.15) is 8.78 Å². The zero-order chi connectivity index (χ0) is 15.5. The average Bonchev–Trinajstić information content (AvgIpc) is 2.84. The fourth-order valence-corrected chi connectivity index (χ4v) is 2.71. The van der Waals surface area contributed by atoms with Gasteiger partial charge in [-0.25, -0.2) is 4.68 Å². The number of hydrogen-bond acceptors (Lipinski definition) is 3.